The number of aromatic nitrogens is 2. The Morgan fingerprint density at radius 2 is 2.20 bits per heavy atom. The lowest BCUT2D eigenvalue weighted by molar-refractivity contribution is -0.715. The van der Waals surface area contributed by atoms with Gasteiger partial charge in [-0.25, -0.2) is 9.97 Å². The summed E-state index contributed by atoms with van der Waals surface area (Å²) in [5, 5.41) is 19.2. The molecule has 1 aromatic heterocycles. The van der Waals surface area contributed by atoms with E-state index in [1.165, 1.54) is 12.5 Å². The molecule has 0 saturated carbocycles. The lowest BCUT2D eigenvalue weighted by atomic mass is 10.4. The average Bonchev–Trinajstić information content (AvgIpc) is 1.88. The van der Waals surface area contributed by atoms with Gasteiger partial charge in [0.2, 0.25) is 0 Å². The van der Waals surface area contributed by atoms with Crippen LogP contribution in [0.2, 0.25) is 0 Å². The molecule has 0 amide bonds. The third-order valence-corrected chi connectivity index (χ3v) is 1.13. The summed E-state index contributed by atoms with van der Waals surface area (Å²) < 4.78 is 0. The predicted octanol–water partition coefficient (Wildman–Crippen LogP) is -0.703. The number of nitrogens with zero attached hydrogens (tertiary/aromatic N) is 2. The molecular weight excluding hydrogens is 134 g/mol. The number of hydrogen-bond donors (Lipinski definition) is 1. The van der Waals surface area contributed by atoms with Crippen molar-refractivity contribution in [1.29, 1.82) is 0 Å². The number of quaternary nitrogens is 1. The van der Waals surface area contributed by atoms with Gasteiger partial charge < -0.3 is 15.6 Å². The van der Waals surface area contributed by atoms with Crippen molar-refractivity contribution in [3.63, 3.8) is 0 Å². The fourth-order valence-corrected chi connectivity index (χ4v) is 0.591. The minimum atomic E-state index is -1.24. The van der Waals surface area contributed by atoms with Gasteiger partial charge in [-0.15, -0.1) is 0 Å². The van der Waals surface area contributed by atoms with Crippen LogP contribution in [0.25, 0.3) is 0 Å². The Balaban J connectivity index is 3.03. The normalized spacial score (nSPS) is 10.4. The predicted molar refractivity (Wildman–Crippen MR) is 34.1 cm³/mol. The largest absolute Gasteiger partial charge is 0.628 e. The molecule has 0 unspecified atom stereocenters. The van der Waals surface area contributed by atoms with E-state index in [0.29, 0.717) is 5.69 Å². The lowest BCUT2D eigenvalue weighted by Gasteiger charge is -2.24. The van der Waals surface area contributed by atoms with E-state index in [-0.39, 0.29) is 5.69 Å². The van der Waals surface area contributed by atoms with E-state index in [1.807, 2.05) is 0 Å². The maximum Gasteiger partial charge on any atom is 0.171 e. The summed E-state index contributed by atoms with van der Waals surface area (Å²) >= 11 is 0. The Morgan fingerprint density at radius 1 is 1.50 bits per heavy atom. The van der Waals surface area contributed by atoms with Crippen LogP contribution in [0.1, 0.15) is 5.69 Å². The highest BCUT2D eigenvalue weighted by molar-refractivity contribution is 5.29. The van der Waals surface area contributed by atoms with Gasteiger partial charge in [-0.05, 0) is 6.92 Å². The van der Waals surface area contributed by atoms with Crippen molar-refractivity contribution in [2.24, 2.45) is 0 Å². The first kappa shape index (κ1) is 7.07. The zero-order chi connectivity index (χ0) is 7.56. The Kier molecular flexibility index (Phi) is 1.91. The first-order valence-corrected chi connectivity index (χ1v) is 2.70. The quantitative estimate of drug-likeness (QED) is 0.523. The molecule has 10 heavy (non-hydrogen) atoms. The standard InChI is InChI=1S/C5H6N3O2/c1-4-5(8(9)10)2-6-3-7-4/h2-3,8H,1H3/q-1. The highest BCUT2D eigenvalue weighted by Gasteiger charge is 1.98. The SMILES string of the molecule is Cc1ncncc1[NH+]([O-])[O-]. The fourth-order valence-electron chi connectivity index (χ4n) is 0.591. The molecule has 1 aromatic rings. The minimum absolute atomic E-state index is 0.0440. The minimum Gasteiger partial charge on any atom is -0.628 e. The Bertz CT molecular complexity index is 226. The van der Waals surface area contributed by atoms with E-state index in [2.05, 4.69) is 9.97 Å². The van der Waals surface area contributed by atoms with Gasteiger partial charge in [0.1, 0.15) is 12.0 Å². The molecule has 0 fully saturated rings. The van der Waals surface area contributed by atoms with Gasteiger partial charge in [-0.1, -0.05) is 0 Å². The number of hydrogen-bond acceptors (Lipinski definition) is 4. The average molecular weight is 140 g/mol. The molecule has 0 aliphatic heterocycles. The summed E-state index contributed by atoms with van der Waals surface area (Å²) in [7, 11) is 0. The van der Waals surface area contributed by atoms with Crippen molar-refractivity contribution in [3.05, 3.63) is 28.6 Å². The van der Waals surface area contributed by atoms with Crippen molar-refractivity contribution in [2.75, 3.05) is 0 Å². The monoisotopic (exact) mass is 140 g/mol. The van der Waals surface area contributed by atoms with Crippen LogP contribution in [0.15, 0.2) is 12.5 Å². The Labute approximate surface area is 57.5 Å². The summed E-state index contributed by atoms with van der Waals surface area (Å²) in [5.41, 5.74) is 0.470. The summed E-state index contributed by atoms with van der Waals surface area (Å²) in [6.45, 7) is 1.59. The molecule has 0 aliphatic carbocycles. The van der Waals surface area contributed by atoms with Crippen LogP contribution >= 0.6 is 0 Å². The van der Waals surface area contributed by atoms with Gasteiger partial charge in [0.25, 0.3) is 0 Å². The molecule has 1 rings (SSSR count). The molecule has 0 aromatic carbocycles. The van der Waals surface area contributed by atoms with Crippen LogP contribution in [-0.4, -0.2) is 9.97 Å². The highest BCUT2D eigenvalue weighted by atomic mass is 16.8. The first-order valence-electron chi connectivity index (χ1n) is 2.70. The van der Waals surface area contributed by atoms with Crippen LogP contribution < -0.4 is 5.23 Å². The van der Waals surface area contributed by atoms with Gasteiger partial charge >= 0.3 is 0 Å². The van der Waals surface area contributed by atoms with E-state index < -0.39 is 5.23 Å². The summed E-state index contributed by atoms with van der Waals surface area (Å²) in [6, 6.07) is 0. The zero-order valence-corrected chi connectivity index (χ0v) is 5.37. The molecule has 1 N–H and O–H groups in total. The van der Waals surface area contributed by atoms with Crippen LogP contribution in [0.3, 0.4) is 0 Å². The maximum absolute atomic E-state index is 10.2. The molecule has 5 heteroatoms. The Morgan fingerprint density at radius 3 is 2.60 bits per heavy atom. The highest BCUT2D eigenvalue weighted by Crippen LogP contribution is 2.00. The first-order chi connectivity index (χ1) is 4.72. The van der Waals surface area contributed by atoms with E-state index in [9.17, 15) is 10.4 Å². The molecule has 5 nitrogen and oxygen atoms in total. The second-order valence-corrected chi connectivity index (χ2v) is 1.81. The smallest absolute Gasteiger partial charge is 0.171 e. The van der Waals surface area contributed by atoms with Gasteiger partial charge in [0, 0.05) is 0 Å². The molecule has 54 valence electrons. The van der Waals surface area contributed by atoms with Crippen LogP contribution in [0.4, 0.5) is 5.69 Å². The van der Waals surface area contributed by atoms with Crippen molar-refractivity contribution in [1.82, 2.24) is 9.97 Å². The molecule has 1 heterocycles. The van der Waals surface area contributed by atoms with Gasteiger partial charge in [-0.2, -0.15) is 0 Å². The maximum atomic E-state index is 10.2. The van der Waals surface area contributed by atoms with E-state index in [0.717, 1.165) is 0 Å². The Hall–Kier alpha value is -1.04. The lowest BCUT2D eigenvalue weighted by Crippen LogP contribution is -2.96. The second-order valence-electron chi connectivity index (χ2n) is 1.81. The molecule has 0 saturated heterocycles. The molecule has 0 radical (unpaired) electrons. The van der Waals surface area contributed by atoms with Crippen molar-refractivity contribution >= 4 is 5.69 Å². The van der Waals surface area contributed by atoms with Crippen molar-refractivity contribution in [2.45, 2.75) is 6.92 Å². The number of nitrogens with one attached hydrogen (secondary N) is 1. The van der Waals surface area contributed by atoms with Crippen LogP contribution in [0, 0.1) is 17.3 Å². The van der Waals surface area contributed by atoms with E-state index >= 15 is 0 Å². The van der Waals surface area contributed by atoms with Crippen LogP contribution in [-0.2, 0) is 0 Å². The number of rotatable bonds is 1. The van der Waals surface area contributed by atoms with E-state index in [4.69, 9.17) is 0 Å². The van der Waals surface area contributed by atoms with Gasteiger partial charge in [0.15, 0.2) is 5.69 Å². The topological polar surface area (TPSA) is 76.3 Å². The van der Waals surface area contributed by atoms with E-state index in [1.54, 1.807) is 6.92 Å². The van der Waals surface area contributed by atoms with Gasteiger partial charge in [0.05, 0.1) is 6.20 Å². The third kappa shape index (κ3) is 1.27. The van der Waals surface area contributed by atoms with Crippen molar-refractivity contribution < 1.29 is 5.23 Å². The molecule has 0 bridgehead atoms. The fraction of sp³-hybridized carbons (Fsp3) is 0.200. The summed E-state index contributed by atoms with van der Waals surface area (Å²) in [6.07, 6.45) is 2.51. The molecule has 0 aliphatic rings. The molecule has 0 atom stereocenters. The summed E-state index contributed by atoms with van der Waals surface area (Å²) in [5.74, 6) is 0. The molecule has 0 spiro atoms. The third-order valence-electron chi connectivity index (χ3n) is 1.13. The number of aryl methyl sites for hydroxylation is 1. The second kappa shape index (κ2) is 2.70. The van der Waals surface area contributed by atoms with Gasteiger partial charge in [-0.3, -0.25) is 0 Å². The van der Waals surface area contributed by atoms with Crippen molar-refractivity contribution in [3.8, 4) is 0 Å². The van der Waals surface area contributed by atoms with Crippen LogP contribution in [0.5, 0.6) is 0 Å². The summed E-state index contributed by atoms with van der Waals surface area (Å²) in [4.78, 5) is 7.20. The zero-order valence-electron chi connectivity index (χ0n) is 5.37. The molecular formula is C5H6N3O2-.